The van der Waals surface area contributed by atoms with E-state index in [0.717, 1.165) is 28.7 Å². The SMILES string of the molecule is C=CC(=O)Nc1cc(Nc2ncc(C(=N)OC(C)=N)c(-c3cn(C)c4ccccc34)n2)c(OC)cc1N(C)CCN(C)C. The molecule has 4 rings (SSSR count). The van der Waals surface area contributed by atoms with Crippen LogP contribution in [0.15, 0.2) is 61.4 Å². The van der Waals surface area contributed by atoms with Crippen LogP contribution in [0, 0.1) is 10.8 Å². The maximum atomic E-state index is 12.4. The average Bonchev–Trinajstić information content (AvgIpc) is 3.31. The van der Waals surface area contributed by atoms with Gasteiger partial charge in [-0.15, -0.1) is 0 Å². The fourth-order valence-electron chi connectivity index (χ4n) is 4.58. The summed E-state index contributed by atoms with van der Waals surface area (Å²) in [6, 6.07) is 11.5. The first kappa shape index (κ1) is 30.7. The number of methoxy groups -OCH3 is 1. The summed E-state index contributed by atoms with van der Waals surface area (Å²) in [6.07, 6.45) is 4.65. The van der Waals surface area contributed by atoms with Crippen LogP contribution < -0.4 is 20.3 Å². The smallest absolute Gasteiger partial charge is 0.247 e. The Balaban J connectivity index is 1.82. The molecule has 0 aliphatic heterocycles. The molecule has 0 atom stereocenters. The molecule has 1 amide bonds. The van der Waals surface area contributed by atoms with Gasteiger partial charge in [0.2, 0.25) is 17.8 Å². The molecule has 12 nitrogen and oxygen atoms in total. The Morgan fingerprint density at radius 3 is 2.56 bits per heavy atom. The number of aromatic nitrogens is 3. The van der Waals surface area contributed by atoms with Crippen molar-refractivity contribution in [2.75, 3.05) is 56.9 Å². The lowest BCUT2D eigenvalue weighted by Gasteiger charge is -2.26. The van der Waals surface area contributed by atoms with Crippen LogP contribution in [-0.2, 0) is 16.6 Å². The topological polar surface area (TPSA) is 144 Å². The predicted molar refractivity (Wildman–Crippen MR) is 172 cm³/mol. The fraction of sp³-hybridized carbons (Fsp3) is 0.258. The molecule has 0 spiro atoms. The van der Waals surface area contributed by atoms with Crippen LogP contribution in [0.5, 0.6) is 5.75 Å². The minimum absolute atomic E-state index is 0.120. The molecule has 0 unspecified atom stereocenters. The zero-order valence-electron chi connectivity index (χ0n) is 25.3. The quantitative estimate of drug-likeness (QED) is 0.111. The second kappa shape index (κ2) is 13.2. The molecule has 12 heteroatoms. The number of carbonyl (C=O) groups excluding carboxylic acids is 1. The molecule has 2 aromatic carbocycles. The summed E-state index contributed by atoms with van der Waals surface area (Å²) in [6.45, 7) is 6.56. The number of hydrogen-bond donors (Lipinski definition) is 4. The van der Waals surface area contributed by atoms with E-state index in [-0.39, 0.29) is 23.7 Å². The van der Waals surface area contributed by atoms with Crippen molar-refractivity contribution in [1.82, 2.24) is 19.4 Å². The molecule has 0 saturated carbocycles. The highest BCUT2D eigenvalue weighted by molar-refractivity contribution is 6.06. The van der Waals surface area contributed by atoms with Crippen molar-refractivity contribution in [3.05, 3.63) is 67.0 Å². The molecule has 2 aromatic heterocycles. The third-order valence-corrected chi connectivity index (χ3v) is 6.74. The van der Waals surface area contributed by atoms with Gasteiger partial charge < -0.3 is 34.5 Å². The van der Waals surface area contributed by atoms with Crippen LogP contribution >= 0.6 is 0 Å². The Morgan fingerprint density at radius 1 is 1.14 bits per heavy atom. The second-order valence-corrected chi connectivity index (χ2v) is 10.2. The van der Waals surface area contributed by atoms with Gasteiger partial charge in [-0.2, -0.15) is 0 Å². The predicted octanol–water partition coefficient (Wildman–Crippen LogP) is 4.85. The van der Waals surface area contributed by atoms with Gasteiger partial charge in [-0.25, -0.2) is 9.97 Å². The number of hydrogen-bond acceptors (Lipinski definition) is 10. The number of anilines is 4. The number of aryl methyl sites for hydroxylation is 1. The summed E-state index contributed by atoms with van der Waals surface area (Å²) in [5.41, 5.74) is 4.39. The Bertz CT molecular complexity index is 1690. The van der Waals surface area contributed by atoms with E-state index in [1.807, 2.05) is 74.2 Å². The van der Waals surface area contributed by atoms with E-state index >= 15 is 0 Å². The summed E-state index contributed by atoms with van der Waals surface area (Å²) in [7, 11) is 9.45. The molecule has 4 N–H and O–H groups in total. The number of ether oxygens (including phenoxy) is 2. The van der Waals surface area contributed by atoms with Crippen LogP contribution in [0.1, 0.15) is 12.5 Å². The number of likely N-dealkylation sites (N-methyl/N-ethyl adjacent to an activating group) is 2. The highest BCUT2D eigenvalue weighted by Gasteiger charge is 2.21. The molecule has 2 heterocycles. The summed E-state index contributed by atoms with van der Waals surface area (Å²) in [5.74, 6) is 0.0409. The molecule has 4 aromatic rings. The first-order chi connectivity index (χ1) is 20.5. The molecule has 0 fully saturated rings. The summed E-state index contributed by atoms with van der Waals surface area (Å²) < 4.78 is 13.0. The van der Waals surface area contributed by atoms with Gasteiger partial charge in [0, 0.05) is 69.0 Å². The summed E-state index contributed by atoms with van der Waals surface area (Å²) in [4.78, 5) is 25.7. The van der Waals surface area contributed by atoms with E-state index in [1.165, 1.54) is 19.2 Å². The number of rotatable bonds is 11. The number of amides is 1. The Morgan fingerprint density at radius 2 is 1.88 bits per heavy atom. The third-order valence-electron chi connectivity index (χ3n) is 6.74. The number of carbonyl (C=O) groups is 1. The monoisotopic (exact) mass is 583 g/mol. The van der Waals surface area contributed by atoms with Gasteiger partial charge in [0.15, 0.2) is 5.90 Å². The molecule has 0 saturated heterocycles. The number of para-hydroxylation sites is 1. The fourth-order valence-corrected chi connectivity index (χ4v) is 4.58. The lowest BCUT2D eigenvalue weighted by Crippen LogP contribution is -2.29. The van der Waals surface area contributed by atoms with Crippen LogP contribution in [0.25, 0.3) is 22.2 Å². The van der Waals surface area contributed by atoms with E-state index in [2.05, 4.69) is 27.1 Å². The molecule has 0 radical (unpaired) electrons. The van der Waals surface area contributed by atoms with Gasteiger partial charge in [-0.1, -0.05) is 24.8 Å². The molecule has 0 bridgehead atoms. The number of nitrogens with one attached hydrogen (secondary N) is 4. The first-order valence-electron chi connectivity index (χ1n) is 13.5. The van der Waals surface area contributed by atoms with Crippen molar-refractivity contribution in [2.24, 2.45) is 7.05 Å². The maximum Gasteiger partial charge on any atom is 0.247 e. The van der Waals surface area contributed by atoms with Gasteiger partial charge >= 0.3 is 0 Å². The van der Waals surface area contributed by atoms with Gasteiger partial charge in [0.1, 0.15) is 5.75 Å². The van der Waals surface area contributed by atoms with Crippen molar-refractivity contribution in [1.29, 1.82) is 10.8 Å². The van der Waals surface area contributed by atoms with Gasteiger partial charge in [-0.05, 0) is 32.3 Å². The maximum absolute atomic E-state index is 12.4. The van der Waals surface area contributed by atoms with E-state index in [4.69, 9.17) is 25.3 Å². The minimum Gasteiger partial charge on any atom is -0.494 e. The Kier molecular flexibility index (Phi) is 9.41. The van der Waals surface area contributed by atoms with Crippen molar-refractivity contribution >= 4 is 51.6 Å². The van der Waals surface area contributed by atoms with Crippen molar-refractivity contribution in [3.63, 3.8) is 0 Å². The number of nitrogens with zero attached hydrogens (tertiary/aromatic N) is 5. The Hall–Kier alpha value is -5.23. The highest BCUT2D eigenvalue weighted by Crippen LogP contribution is 2.38. The van der Waals surface area contributed by atoms with Crippen LogP contribution in [0.2, 0.25) is 0 Å². The lowest BCUT2D eigenvalue weighted by molar-refractivity contribution is -0.111. The van der Waals surface area contributed by atoms with E-state index in [9.17, 15) is 4.79 Å². The molecular formula is C31H37N9O3. The van der Waals surface area contributed by atoms with E-state index in [0.29, 0.717) is 34.9 Å². The lowest BCUT2D eigenvalue weighted by atomic mass is 10.1. The first-order valence-corrected chi connectivity index (χ1v) is 13.5. The van der Waals surface area contributed by atoms with Crippen molar-refractivity contribution < 1.29 is 14.3 Å². The second-order valence-electron chi connectivity index (χ2n) is 10.2. The van der Waals surface area contributed by atoms with Gasteiger partial charge in [-0.3, -0.25) is 15.6 Å². The number of fused-ring (bicyclic) bond motifs is 1. The third kappa shape index (κ3) is 6.99. The number of benzene rings is 2. The van der Waals surface area contributed by atoms with Crippen LogP contribution in [-0.4, -0.2) is 78.5 Å². The zero-order chi connectivity index (χ0) is 31.3. The molecule has 0 aliphatic carbocycles. The summed E-state index contributed by atoms with van der Waals surface area (Å²) >= 11 is 0. The normalized spacial score (nSPS) is 10.9. The van der Waals surface area contributed by atoms with Crippen LogP contribution in [0.3, 0.4) is 0 Å². The van der Waals surface area contributed by atoms with Gasteiger partial charge in [0.05, 0.1) is 35.4 Å². The van der Waals surface area contributed by atoms with Crippen LogP contribution in [0.4, 0.5) is 23.0 Å². The van der Waals surface area contributed by atoms with E-state index < -0.39 is 0 Å². The largest absolute Gasteiger partial charge is 0.494 e. The molecule has 43 heavy (non-hydrogen) atoms. The van der Waals surface area contributed by atoms with Crippen molar-refractivity contribution in [3.8, 4) is 17.0 Å². The molecule has 224 valence electrons. The van der Waals surface area contributed by atoms with Crippen molar-refractivity contribution in [2.45, 2.75) is 6.92 Å². The molecule has 0 aliphatic rings. The minimum atomic E-state index is -0.350. The van der Waals surface area contributed by atoms with E-state index in [1.54, 1.807) is 13.2 Å². The molecular weight excluding hydrogens is 546 g/mol. The average molecular weight is 584 g/mol. The van der Waals surface area contributed by atoms with Gasteiger partial charge in [0.25, 0.3) is 0 Å². The standard InChI is InChI=1S/C31H37N9O3/c1-8-28(41)35-23-15-24(27(42-7)16-26(23)39(5)14-13-38(3)4)36-31-34-17-21(30(33)43-19(2)32)29(37-31)22-18-40(6)25-12-10-9-11-20(22)25/h8-12,15-18,32-33H,1,13-14H2,2-7H3,(H,35,41)(H,34,36,37). The summed E-state index contributed by atoms with van der Waals surface area (Å²) in [5, 5.41) is 23.3. The zero-order valence-corrected chi connectivity index (χ0v) is 25.3. The highest BCUT2D eigenvalue weighted by atomic mass is 16.5. The Labute approximate surface area is 251 Å².